The van der Waals surface area contributed by atoms with Crippen LogP contribution >= 0.6 is 11.8 Å². The zero-order valence-electron chi connectivity index (χ0n) is 19.9. The van der Waals surface area contributed by atoms with Crippen molar-refractivity contribution in [3.63, 3.8) is 0 Å². The largest absolute Gasteiger partial charge is 0.461 e. The van der Waals surface area contributed by atoms with Crippen molar-refractivity contribution in [1.82, 2.24) is 4.31 Å². The van der Waals surface area contributed by atoms with E-state index in [1.165, 1.54) is 22.1 Å². The van der Waals surface area contributed by atoms with Gasteiger partial charge < -0.3 is 14.4 Å². The normalized spacial score (nSPS) is 17.9. The quantitative estimate of drug-likeness (QED) is 0.147. The number of fused-ring (bicyclic) bond motifs is 1. The number of esters is 1. The molecule has 2 aromatic rings. The minimum absolute atomic E-state index is 0.0158. The molecule has 0 saturated carbocycles. The first kappa shape index (κ1) is 26.8. The van der Waals surface area contributed by atoms with E-state index in [1.807, 2.05) is 35.2 Å². The van der Waals surface area contributed by atoms with Crippen molar-refractivity contribution in [3.05, 3.63) is 67.2 Å². The number of para-hydroxylation sites is 1. The summed E-state index contributed by atoms with van der Waals surface area (Å²) in [5, 5.41) is 0. The highest BCUT2D eigenvalue weighted by Crippen LogP contribution is 2.43. The molecule has 0 N–H and O–H groups in total. The van der Waals surface area contributed by atoms with Crippen LogP contribution in [-0.4, -0.2) is 51.2 Å². The summed E-state index contributed by atoms with van der Waals surface area (Å²) in [6.07, 6.45) is 5.47. The van der Waals surface area contributed by atoms with Gasteiger partial charge in [0.05, 0.1) is 17.2 Å². The Morgan fingerprint density at radius 1 is 1.29 bits per heavy atom. The molecule has 0 bridgehead atoms. The van der Waals surface area contributed by atoms with Gasteiger partial charge in [-0.05, 0) is 44.2 Å². The Kier molecular flexibility index (Phi) is 8.98. The van der Waals surface area contributed by atoms with E-state index in [9.17, 15) is 17.6 Å². The first-order valence-electron chi connectivity index (χ1n) is 11.1. The second kappa shape index (κ2) is 11.7. The van der Waals surface area contributed by atoms with Crippen LogP contribution in [0, 0.1) is 0 Å². The molecule has 0 amide bonds. The lowest BCUT2D eigenvalue weighted by Gasteiger charge is -2.29. The molecule has 3 rings (SSSR count). The fraction of sp³-hybridized carbons (Fsp3) is 0.320. The average molecular weight is 521 g/mol. The van der Waals surface area contributed by atoms with Crippen LogP contribution in [0.25, 0.3) is 0 Å². The fourth-order valence-corrected chi connectivity index (χ4v) is 5.88. The van der Waals surface area contributed by atoms with E-state index in [2.05, 4.69) is 11.3 Å². The van der Waals surface area contributed by atoms with Crippen molar-refractivity contribution in [3.8, 4) is 5.75 Å². The van der Waals surface area contributed by atoms with Gasteiger partial charge in [0.15, 0.2) is 0 Å². The first-order chi connectivity index (χ1) is 16.7. The van der Waals surface area contributed by atoms with Crippen molar-refractivity contribution < 1.29 is 27.1 Å². The molecule has 35 heavy (non-hydrogen) atoms. The summed E-state index contributed by atoms with van der Waals surface area (Å²) in [5.74, 6) is -2.25. The second-order valence-corrected chi connectivity index (χ2v) is 10.6. The maximum Gasteiger partial charge on any atom is 0.370 e. The minimum Gasteiger partial charge on any atom is -0.461 e. The monoisotopic (exact) mass is 520 g/mol. The number of nitrogens with zero attached hydrogens (tertiary/aromatic N) is 2. The summed E-state index contributed by atoms with van der Waals surface area (Å²) in [6.45, 7) is 5.78. The molecule has 2 aromatic carbocycles. The van der Waals surface area contributed by atoms with Crippen LogP contribution in [0.5, 0.6) is 5.75 Å². The van der Waals surface area contributed by atoms with E-state index >= 15 is 0 Å². The maximum absolute atomic E-state index is 14.1. The molecule has 0 aromatic heterocycles. The molecule has 10 heteroatoms. The number of likely N-dealkylation sites (N-methyl/N-ethyl adjacent to an activating group) is 1. The van der Waals surface area contributed by atoms with Crippen LogP contribution in [0.3, 0.4) is 0 Å². The molecule has 1 atom stereocenters. The summed E-state index contributed by atoms with van der Waals surface area (Å²) in [5.41, 5.74) is 1.34. The van der Waals surface area contributed by atoms with Crippen LogP contribution < -0.4 is 9.64 Å². The fourth-order valence-electron chi connectivity index (χ4n) is 3.77. The third-order valence-corrected chi connectivity index (χ3v) is 8.33. The second-order valence-electron chi connectivity index (χ2n) is 7.76. The van der Waals surface area contributed by atoms with Crippen molar-refractivity contribution >= 4 is 39.1 Å². The number of halogens is 1. The van der Waals surface area contributed by atoms with Gasteiger partial charge in [0, 0.05) is 31.4 Å². The topological polar surface area (TPSA) is 76.1 Å². The Morgan fingerprint density at radius 2 is 2.00 bits per heavy atom. The van der Waals surface area contributed by atoms with Crippen molar-refractivity contribution in [2.75, 3.05) is 31.4 Å². The van der Waals surface area contributed by atoms with Crippen molar-refractivity contribution in [2.24, 2.45) is 0 Å². The minimum atomic E-state index is -3.93. The number of rotatable bonds is 9. The standard InChI is InChI=1S/C25H29FN2O5S2/c1-5-7-11-19-16-28(18-12-9-8-10-13-18)21-14-23(34-4)22(15-24(21)35(30,31)27(19)3)33-17-20(26)25(29)32-6-2/h5,8-10,12-15,17,19H,1,6-7,11,16H2,2-4H3/b20-17-. The number of allylic oxidation sites excluding steroid dienone is 1. The van der Waals surface area contributed by atoms with E-state index in [4.69, 9.17) is 4.74 Å². The molecule has 0 radical (unpaired) electrons. The Hall–Kier alpha value is -2.82. The molecule has 0 fully saturated rings. The summed E-state index contributed by atoms with van der Waals surface area (Å²) < 4.78 is 52.9. The van der Waals surface area contributed by atoms with Crippen molar-refractivity contribution in [2.45, 2.75) is 35.6 Å². The van der Waals surface area contributed by atoms with Gasteiger partial charge in [0.2, 0.25) is 15.9 Å². The third kappa shape index (κ3) is 5.88. The van der Waals surface area contributed by atoms with Crippen molar-refractivity contribution in [1.29, 1.82) is 0 Å². The predicted molar refractivity (Wildman–Crippen MR) is 136 cm³/mol. The number of carbonyl (C=O) groups excluding carboxylic acids is 1. The van der Waals surface area contributed by atoms with Crippen LogP contribution in [-0.2, 0) is 19.6 Å². The Labute approximate surface area is 210 Å². The number of ether oxygens (including phenoxy) is 2. The molecule has 0 saturated heterocycles. The molecule has 188 valence electrons. The van der Waals surface area contributed by atoms with Gasteiger partial charge in [-0.3, -0.25) is 0 Å². The molecular weight excluding hydrogens is 491 g/mol. The van der Waals surface area contributed by atoms with Gasteiger partial charge in [0.25, 0.3) is 0 Å². The number of thioether (sulfide) groups is 1. The number of benzene rings is 2. The highest BCUT2D eigenvalue weighted by molar-refractivity contribution is 7.98. The molecule has 1 unspecified atom stereocenters. The number of hydrogen-bond donors (Lipinski definition) is 0. The zero-order valence-corrected chi connectivity index (χ0v) is 21.6. The van der Waals surface area contributed by atoms with Crippen LogP contribution in [0.15, 0.2) is 77.0 Å². The molecule has 1 heterocycles. The number of carbonyl (C=O) groups is 1. The van der Waals surface area contributed by atoms with E-state index in [1.54, 1.807) is 32.4 Å². The van der Waals surface area contributed by atoms with E-state index in [0.717, 1.165) is 5.69 Å². The van der Waals surface area contributed by atoms with Crippen LogP contribution in [0.2, 0.25) is 0 Å². The summed E-state index contributed by atoms with van der Waals surface area (Å²) in [4.78, 5) is 14.2. The summed E-state index contributed by atoms with van der Waals surface area (Å²) >= 11 is 1.32. The van der Waals surface area contributed by atoms with Gasteiger partial charge in [-0.15, -0.1) is 18.3 Å². The predicted octanol–water partition coefficient (Wildman–Crippen LogP) is 5.27. The zero-order chi connectivity index (χ0) is 25.6. The van der Waals surface area contributed by atoms with E-state index < -0.39 is 21.8 Å². The lowest BCUT2D eigenvalue weighted by molar-refractivity contribution is -0.140. The molecular formula is C25H29FN2O5S2. The molecule has 0 spiro atoms. The highest BCUT2D eigenvalue weighted by atomic mass is 32.2. The first-order valence-corrected chi connectivity index (χ1v) is 13.7. The van der Waals surface area contributed by atoms with E-state index in [0.29, 0.717) is 36.2 Å². The Morgan fingerprint density at radius 3 is 2.63 bits per heavy atom. The SMILES string of the molecule is C=CCCC1CN(c2ccccc2)c2cc(SC)c(O/C=C(\F)C(=O)OCC)cc2S(=O)(=O)N1C. The van der Waals surface area contributed by atoms with E-state index in [-0.39, 0.29) is 23.3 Å². The Balaban J connectivity index is 2.16. The number of hydrogen-bond acceptors (Lipinski definition) is 7. The molecule has 1 aliphatic rings. The van der Waals surface area contributed by atoms with Crippen LogP contribution in [0.1, 0.15) is 19.8 Å². The third-order valence-electron chi connectivity index (χ3n) is 5.63. The van der Waals surface area contributed by atoms with Gasteiger partial charge in [-0.25, -0.2) is 13.2 Å². The van der Waals surface area contributed by atoms with Gasteiger partial charge in [-0.1, -0.05) is 24.3 Å². The molecule has 0 aliphatic carbocycles. The lowest BCUT2D eigenvalue weighted by Crippen LogP contribution is -2.40. The van der Waals surface area contributed by atoms with Crippen LogP contribution in [0.4, 0.5) is 15.8 Å². The Bertz CT molecular complexity index is 1200. The molecule has 7 nitrogen and oxygen atoms in total. The summed E-state index contributed by atoms with van der Waals surface area (Å²) in [6, 6.07) is 12.3. The number of sulfonamides is 1. The van der Waals surface area contributed by atoms with Gasteiger partial charge in [0.1, 0.15) is 16.9 Å². The molecule has 1 aliphatic heterocycles. The number of anilines is 2. The smallest absolute Gasteiger partial charge is 0.370 e. The van der Waals surface area contributed by atoms with Gasteiger partial charge in [-0.2, -0.15) is 8.70 Å². The summed E-state index contributed by atoms with van der Waals surface area (Å²) in [7, 11) is -2.37. The lowest BCUT2D eigenvalue weighted by atomic mass is 10.1. The highest BCUT2D eigenvalue weighted by Gasteiger charge is 2.37. The maximum atomic E-state index is 14.1. The average Bonchev–Trinajstić information content (AvgIpc) is 2.94. The van der Waals surface area contributed by atoms with Gasteiger partial charge >= 0.3 is 5.97 Å².